The van der Waals surface area contributed by atoms with Crippen molar-refractivity contribution in [3.8, 4) is 0 Å². The lowest BCUT2D eigenvalue weighted by Crippen LogP contribution is -2.30. The van der Waals surface area contributed by atoms with Crippen molar-refractivity contribution in [2.75, 3.05) is 6.54 Å². The maximum Gasteiger partial charge on any atom is 0.295 e. The van der Waals surface area contributed by atoms with Crippen molar-refractivity contribution < 1.29 is 19.6 Å². The number of carbonyl (C=O) groups excluding carboxylic acids is 2. The Labute approximate surface area is 252 Å². The predicted molar refractivity (Wildman–Crippen MR) is 167 cm³/mol. The number of nitro groups is 1. The highest BCUT2D eigenvalue weighted by Crippen LogP contribution is 2.40. The number of unbranched alkanes of at least 4 members (excludes halogenated alkanes) is 13. The molecule has 8 heteroatoms. The van der Waals surface area contributed by atoms with Gasteiger partial charge >= 0.3 is 0 Å². The van der Waals surface area contributed by atoms with Gasteiger partial charge in [-0.3, -0.25) is 19.7 Å². The summed E-state index contributed by atoms with van der Waals surface area (Å²) >= 11 is 3.36. The van der Waals surface area contributed by atoms with Crippen LogP contribution < -0.4 is 0 Å². The summed E-state index contributed by atoms with van der Waals surface area (Å²) in [5.74, 6) is -1.74. The van der Waals surface area contributed by atoms with Crippen LogP contribution in [0.2, 0.25) is 0 Å². The van der Waals surface area contributed by atoms with E-state index in [2.05, 4.69) is 22.9 Å². The Bertz CT molecular complexity index is 1190. The average Bonchev–Trinajstić information content (AvgIpc) is 3.22. The Morgan fingerprint density at radius 3 is 1.93 bits per heavy atom. The highest BCUT2D eigenvalue weighted by molar-refractivity contribution is 9.10. The lowest BCUT2D eigenvalue weighted by Gasteiger charge is -2.25. The van der Waals surface area contributed by atoms with Crippen LogP contribution in [0.5, 0.6) is 0 Å². The van der Waals surface area contributed by atoms with Crippen molar-refractivity contribution in [1.29, 1.82) is 0 Å². The summed E-state index contributed by atoms with van der Waals surface area (Å²) in [7, 11) is 0. The fourth-order valence-electron chi connectivity index (χ4n) is 5.51. The van der Waals surface area contributed by atoms with Gasteiger partial charge in [0.2, 0.25) is 0 Å². The van der Waals surface area contributed by atoms with Crippen molar-refractivity contribution in [2.45, 2.75) is 103 Å². The molecule has 1 amide bonds. The van der Waals surface area contributed by atoms with Crippen LogP contribution in [0.3, 0.4) is 0 Å². The van der Waals surface area contributed by atoms with Crippen LogP contribution in [0.15, 0.2) is 58.6 Å². The standard InChI is InChI=1S/C33H43BrN2O5/c1-2-3-4-5-6-7-8-9-10-11-12-13-14-15-23-35-30(26-17-16-18-28(24-26)36(40)41)29(32(38)33(35)39)31(37)25-19-21-27(34)22-20-25/h16-22,24,30,37H,2-15,23H2,1H3/t30-/m1/s1. The van der Waals surface area contributed by atoms with Crippen LogP contribution in [0, 0.1) is 10.1 Å². The van der Waals surface area contributed by atoms with Gasteiger partial charge in [-0.2, -0.15) is 0 Å². The minimum Gasteiger partial charge on any atom is -0.507 e. The molecule has 1 atom stereocenters. The van der Waals surface area contributed by atoms with Gasteiger partial charge in [0, 0.05) is 28.7 Å². The van der Waals surface area contributed by atoms with E-state index in [0.717, 1.165) is 23.7 Å². The first-order chi connectivity index (χ1) is 19.8. The van der Waals surface area contributed by atoms with E-state index in [-0.39, 0.29) is 17.0 Å². The second-order valence-corrected chi connectivity index (χ2v) is 11.9. The maximum atomic E-state index is 13.2. The molecule has 0 aromatic heterocycles. The van der Waals surface area contributed by atoms with Gasteiger partial charge in [0.05, 0.1) is 16.5 Å². The second-order valence-electron chi connectivity index (χ2n) is 10.9. The number of amides is 1. The molecule has 1 fully saturated rings. The van der Waals surface area contributed by atoms with Gasteiger partial charge in [0.25, 0.3) is 17.4 Å². The van der Waals surface area contributed by atoms with Gasteiger partial charge in [0.1, 0.15) is 5.76 Å². The van der Waals surface area contributed by atoms with E-state index in [4.69, 9.17) is 0 Å². The van der Waals surface area contributed by atoms with Gasteiger partial charge in [-0.1, -0.05) is 131 Å². The predicted octanol–water partition coefficient (Wildman–Crippen LogP) is 9.26. The summed E-state index contributed by atoms with van der Waals surface area (Å²) in [4.78, 5) is 38.8. The largest absolute Gasteiger partial charge is 0.507 e. The number of aliphatic hydroxyl groups is 1. The monoisotopic (exact) mass is 626 g/mol. The molecule has 1 aliphatic rings. The molecule has 1 heterocycles. The highest BCUT2D eigenvalue weighted by atomic mass is 79.9. The number of carbonyl (C=O) groups is 2. The Balaban J connectivity index is 1.59. The first-order valence-corrected chi connectivity index (χ1v) is 15.9. The first-order valence-electron chi connectivity index (χ1n) is 15.1. The highest BCUT2D eigenvalue weighted by Gasteiger charge is 2.46. The summed E-state index contributed by atoms with van der Waals surface area (Å²) in [5, 5.41) is 22.6. The maximum absolute atomic E-state index is 13.2. The molecule has 0 saturated carbocycles. The van der Waals surface area contributed by atoms with Crippen LogP contribution in [0.1, 0.15) is 114 Å². The van der Waals surface area contributed by atoms with Gasteiger partial charge < -0.3 is 10.0 Å². The Kier molecular flexibility index (Phi) is 13.5. The zero-order valence-corrected chi connectivity index (χ0v) is 25.7. The van der Waals surface area contributed by atoms with Crippen molar-refractivity contribution in [3.63, 3.8) is 0 Å². The number of nitrogens with zero attached hydrogens (tertiary/aromatic N) is 2. The van der Waals surface area contributed by atoms with Crippen LogP contribution in [0.4, 0.5) is 5.69 Å². The topological polar surface area (TPSA) is 101 Å². The molecule has 2 aromatic rings. The number of Topliss-reactive ketones (excluding diaryl/α,β-unsaturated/α-hetero) is 1. The minimum atomic E-state index is -0.888. The van der Waals surface area contributed by atoms with Crippen LogP contribution in [0.25, 0.3) is 5.76 Å². The molecule has 7 nitrogen and oxygen atoms in total. The molecule has 3 rings (SSSR count). The zero-order chi connectivity index (χ0) is 29.6. The number of halogens is 1. The third kappa shape index (κ3) is 9.52. The molecule has 0 aliphatic carbocycles. The van der Waals surface area contributed by atoms with E-state index in [1.54, 1.807) is 36.4 Å². The van der Waals surface area contributed by atoms with Crippen molar-refractivity contribution in [3.05, 3.63) is 79.8 Å². The fraction of sp³-hybridized carbons (Fsp3) is 0.515. The second kappa shape index (κ2) is 17.1. The number of rotatable bonds is 18. The third-order valence-electron chi connectivity index (χ3n) is 7.81. The molecule has 41 heavy (non-hydrogen) atoms. The number of hydrogen-bond donors (Lipinski definition) is 1. The molecule has 0 bridgehead atoms. The van der Waals surface area contributed by atoms with E-state index in [1.807, 2.05) is 0 Å². The normalized spacial score (nSPS) is 16.4. The van der Waals surface area contributed by atoms with E-state index in [1.165, 1.54) is 81.2 Å². The molecule has 0 unspecified atom stereocenters. The molecule has 1 aliphatic heterocycles. The molecule has 2 aromatic carbocycles. The Morgan fingerprint density at radius 2 is 1.39 bits per heavy atom. The van der Waals surface area contributed by atoms with Gasteiger partial charge in [-0.25, -0.2) is 0 Å². The number of nitro benzene ring substituents is 1. The molecule has 1 N–H and O–H groups in total. The molecule has 0 radical (unpaired) electrons. The number of ketones is 1. The third-order valence-corrected chi connectivity index (χ3v) is 8.34. The van der Waals surface area contributed by atoms with Crippen LogP contribution in [-0.2, 0) is 9.59 Å². The first kappa shape index (κ1) is 32.5. The van der Waals surface area contributed by atoms with Crippen molar-refractivity contribution in [2.24, 2.45) is 0 Å². The number of non-ortho nitro benzene ring substituents is 1. The van der Waals surface area contributed by atoms with Gasteiger partial charge in [-0.15, -0.1) is 0 Å². The van der Waals surface area contributed by atoms with E-state index in [9.17, 15) is 24.8 Å². The fourth-order valence-corrected chi connectivity index (χ4v) is 5.77. The lowest BCUT2D eigenvalue weighted by atomic mass is 9.95. The molecule has 1 saturated heterocycles. The quantitative estimate of drug-likeness (QED) is 0.0443. The zero-order valence-electron chi connectivity index (χ0n) is 24.2. The number of likely N-dealkylation sites (tertiary alicyclic amines) is 1. The lowest BCUT2D eigenvalue weighted by molar-refractivity contribution is -0.384. The minimum absolute atomic E-state index is 0.0387. The summed E-state index contributed by atoms with van der Waals surface area (Å²) in [5.41, 5.74) is 0.664. The molecule has 0 spiro atoms. The van der Waals surface area contributed by atoms with Gasteiger partial charge in [-0.05, 0) is 24.1 Å². The number of hydrogen-bond acceptors (Lipinski definition) is 5. The Hall–Kier alpha value is -3.00. The van der Waals surface area contributed by atoms with Crippen LogP contribution in [-0.4, -0.2) is 33.2 Å². The molecular weight excluding hydrogens is 584 g/mol. The van der Waals surface area contributed by atoms with E-state index in [0.29, 0.717) is 24.1 Å². The van der Waals surface area contributed by atoms with Crippen molar-refractivity contribution >= 4 is 39.1 Å². The molecular formula is C33H43BrN2O5. The summed E-state index contributed by atoms with van der Waals surface area (Å²) in [6, 6.07) is 11.9. The van der Waals surface area contributed by atoms with Gasteiger partial charge in [0.15, 0.2) is 0 Å². The summed E-state index contributed by atoms with van der Waals surface area (Å²) in [6.07, 6.45) is 17.0. The Morgan fingerprint density at radius 1 is 0.854 bits per heavy atom. The molecule has 222 valence electrons. The average molecular weight is 628 g/mol. The summed E-state index contributed by atoms with van der Waals surface area (Å²) < 4.78 is 0.808. The summed E-state index contributed by atoms with van der Waals surface area (Å²) in [6.45, 7) is 2.59. The SMILES string of the molecule is CCCCCCCCCCCCCCCCN1C(=O)C(=O)C(=C(O)c2ccc(Br)cc2)[C@H]1c1cccc([N+](=O)[O-])c1. The number of benzene rings is 2. The van der Waals surface area contributed by atoms with E-state index >= 15 is 0 Å². The van der Waals surface area contributed by atoms with Crippen LogP contribution >= 0.6 is 15.9 Å². The van der Waals surface area contributed by atoms with E-state index < -0.39 is 22.7 Å². The van der Waals surface area contributed by atoms with Crippen molar-refractivity contribution in [1.82, 2.24) is 4.90 Å². The smallest absolute Gasteiger partial charge is 0.295 e. The number of aliphatic hydroxyl groups excluding tert-OH is 1.